The molecule has 136 valence electrons. The summed E-state index contributed by atoms with van der Waals surface area (Å²) in [4.78, 5) is 21.4. The predicted octanol–water partition coefficient (Wildman–Crippen LogP) is 3.93. The van der Waals surface area contributed by atoms with Crippen LogP contribution in [0.5, 0.6) is 0 Å². The highest BCUT2D eigenvalue weighted by atomic mass is 32.2. The summed E-state index contributed by atoms with van der Waals surface area (Å²) in [6, 6.07) is 8.08. The van der Waals surface area contributed by atoms with Crippen molar-refractivity contribution in [3.05, 3.63) is 47.0 Å². The van der Waals surface area contributed by atoms with E-state index in [2.05, 4.69) is 20.6 Å². The number of fused-ring (bicyclic) bond motifs is 1. The maximum atomic E-state index is 12.7. The SMILES string of the molecule is COCC1(Cn2ccnc2-c2cc3ccc(SC)cc3[nH]c2=O)CCC1. The number of nitrogens with zero attached hydrogens (tertiary/aromatic N) is 2. The zero-order valence-electron chi connectivity index (χ0n) is 15.1. The lowest BCUT2D eigenvalue weighted by Gasteiger charge is -2.41. The first-order valence-electron chi connectivity index (χ1n) is 8.86. The van der Waals surface area contributed by atoms with Crippen LogP contribution in [0.1, 0.15) is 19.3 Å². The number of hydrogen-bond acceptors (Lipinski definition) is 4. The fraction of sp³-hybridized carbons (Fsp3) is 0.400. The molecule has 0 spiro atoms. The van der Waals surface area contributed by atoms with Crippen LogP contribution in [0.15, 0.2) is 46.3 Å². The first kappa shape index (κ1) is 17.4. The van der Waals surface area contributed by atoms with Crippen molar-refractivity contribution in [1.29, 1.82) is 0 Å². The summed E-state index contributed by atoms with van der Waals surface area (Å²) < 4.78 is 7.55. The summed E-state index contributed by atoms with van der Waals surface area (Å²) in [7, 11) is 1.76. The maximum absolute atomic E-state index is 12.7. The Balaban J connectivity index is 1.73. The van der Waals surface area contributed by atoms with Gasteiger partial charge in [-0.15, -0.1) is 11.8 Å². The number of rotatable bonds is 6. The van der Waals surface area contributed by atoms with Gasteiger partial charge in [-0.3, -0.25) is 4.79 Å². The number of benzene rings is 1. The number of methoxy groups -OCH3 is 1. The quantitative estimate of drug-likeness (QED) is 0.669. The minimum Gasteiger partial charge on any atom is -0.384 e. The topological polar surface area (TPSA) is 59.9 Å². The second-order valence-electron chi connectivity index (χ2n) is 7.13. The average molecular weight is 369 g/mol. The van der Waals surface area contributed by atoms with Gasteiger partial charge in [-0.25, -0.2) is 4.98 Å². The van der Waals surface area contributed by atoms with Gasteiger partial charge in [-0.1, -0.05) is 12.5 Å². The third-order valence-electron chi connectivity index (χ3n) is 5.38. The number of nitrogens with one attached hydrogen (secondary N) is 1. The molecule has 3 aromatic rings. The summed E-state index contributed by atoms with van der Waals surface area (Å²) in [5, 5.41) is 1.02. The van der Waals surface area contributed by atoms with E-state index in [4.69, 9.17) is 4.74 Å². The molecule has 0 amide bonds. The summed E-state index contributed by atoms with van der Waals surface area (Å²) in [5.74, 6) is 0.726. The van der Waals surface area contributed by atoms with E-state index in [0.717, 1.165) is 47.6 Å². The zero-order chi connectivity index (χ0) is 18.1. The molecule has 26 heavy (non-hydrogen) atoms. The lowest BCUT2D eigenvalue weighted by Crippen LogP contribution is -2.38. The van der Waals surface area contributed by atoms with Crippen LogP contribution in [-0.2, 0) is 11.3 Å². The van der Waals surface area contributed by atoms with Gasteiger partial charge >= 0.3 is 0 Å². The molecule has 1 aliphatic carbocycles. The smallest absolute Gasteiger partial charge is 0.259 e. The molecule has 0 atom stereocenters. The molecular formula is C20H23N3O2S. The summed E-state index contributed by atoms with van der Waals surface area (Å²) in [6.07, 6.45) is 9.32. The minimum atomic E-state index is -0.0994. The number of H-pyrrole nitrogens is 1. The molecule has 4 rings (SSSR count). The Morgan fingerprint density at radius 2 is 2.19 bits per heavy atom. The molecule has 0 unspecified atom stereocenters. The van der Waals surface area contributed by atoms with E-state index in [-0.39, 0.29) is 11.0 Å². The first-order chi connectivity index (χ1) is 12.6. The predicted molar refractivity (Wildman–Crippen MR) is 106 cm³/mol. The molecule has 0 radical (unpaired) electrons. The second kappa shape index (κ2) is 6.93. The van der Waals surface area contributed by atoms with Crippen molar-refractivity contribution in [3.8, 4) is 11.4 Å². The molecule has 1 N–H and O–H groups in total. The zero-order valence-corrected chi connectivity index (χ0v) is 15.9. The van der Waals surface area contributed by atoms with Crippen molar-refractivity contribution in [2.24, 2.45) is 5.41 Å². The van der Waals surface area contributed by atoms with E-state index >= 15 is 0 Å². The second-order valence-corrected chi connectivity index (χ2v) is 8.01. The number of aromatic nitrogens is 3. The lowest BCUT2D eigenvalue weighted by atomic mass is 9.69. The van der Waals surface area contributed by atoms with Gasteiger partial charge in [-0.05, 0) is 42.7 Å². The van der Waals surface area contributed by atoms with E-state index in [0.29, 0.717) is 5.56 Å². The summed E-state index contributed by atoms with van der Waals surface area (Å²) in [6.45, 7) is 1.58. The third kappa shape index (κ3) is 3.08. The van der Waals surface area contributed by atoms with E-state index < -0.39 is 0 Å². The van der Waals surface area contributed by atoms with Gasteiger partial charge in [0.25, 0.3) is 5.56 Å². The molecule has 2 aromatic heterocycles. The Morgan fingerprint density at radius 3 is 2.88 bits per heavy atom. The number of hydrogen-bond donors (Lipinski definition) is 1. The Morgan fingerprint density at radius 1 is 1.35 bits per heavy atom. The van der Waals surface area contributed by atoms with Gasteiger partial charge in [-0.2, -0.15) is 0 Å². The highest BCUT2D eigenvalue weighted by Crippen LogP contribution is 2.43. The fourth-order valence-corrected chi connectivity index (χ4v) is 4.29. The number of thioether (sulfide) groups is 1. The molecule has 6 heteroatoms. The Kier molecular flexibility index (Phi) is 4.63. The first-order valence-corrected chi connectivity index (χ1v) is 10.1. The fourth-order valence-electron chi connectivity index (χ4n) is 3.85. The van der Waals surface area contributed by atoms with Crippen molar-refractivity contribution in [2.75, 3.05) is 20.0 Å². The van der Waals surface area contributed by atoms with Crippen LogP contribution in [0.4, 0.5) is 0 Å². The molecule has 0 bridgehead atoms. The van der Waals surface area contributed by atoms with Crippen molar-refractivity contribution < 1.29 is 4.74 Å². The summed E-state index contributed by atoms with van der Waals surface area (Å²) in [5.41, 5.74) is 1.54. The standard InChI is InChI=1S/C20H23N3O2S/c1-25-13-20(6-3-7-20)12-23-9-8-21-18(23)16-10-14-4-5-15(26-2)11-17(14)22-19(16)24/h4-5,8-11H,3,6-7,12-13H2,1-2H3,(H,22,24). The van der Waals surface area contributed by atoms with Crippen LogP contribution in [-0.4, -0.2) is 34.5 Å². The number of ether oxygens (including phenoxy) is 1. The largest absolute Gasteiger partial charge is 0.384 e. The van der Waals surface area contributed by atoms with Crippen molar-refractivity contribution in [3.63, 3.8) is 0 Å². The monoisotopic (exact) mass is 369 g/mol. The molecule has 1 aliphatic rings. The Hall–Kier alpha value is -2.05. The molecular weight excluding hydrogens is 346 g/mol. The van der Waals surface area contributed by atoms with Crippen LogP contribution in [0.2, 0.25) is 0 Å². The van der Waals surface area contributed by atoms with Gasteiger partial charge in [0.1, 0.15) is 5.82 Å². The molecule has 1 fully saturated rings. The minimum absolute atomic E-state index is 0.0994. The molecule has 0 saturated heterocycles. The van der Waals surface area contributed by atoms with Crippen LogP contribution in [0.3, 0.4) is 0 Å². The van der Waals surface area contributed by atoms with Crippen molar-refractivity contribution >= 4 is 22.7 Å². The number of imidazole rings is 1. The van der Waals surface area contributed by atoms with E-state index in [9.17, 15) is 4.79 Å². The highest BCUT2D eigenvalue weighted by molar-refractivity contribution is 7.98. The van der Waals surface area contributed by atoms with Gasteiger partial charge < -0.3 is 14.3 Å². The number of pyridine rings is 1. The van der Waals surface area contributed by atoms with Gasteiger partial charge in [0, 0.05) is 41.9 Å². The Bertz CT molecular complexity index is 988. The molecule has 5 nitrogen and oxygen atoms in total. The lowest BCUT2D eigenvalue weighted by molar-refractivity contribution is 0.00372. The van der Waals surface area contributed by atoms with Crippen LogP contribution in [0, 0.1) is 5.41 Å². The van der Waals surface area contributed by atoms with Crippen molar-refractivity contribution in [2.45, 2.75) is 30.7 Å². The Labute approximate surface area is 156 Å². The van der Waals surface area contributed by atoms with Gasteiger partial charge in [0.15, 0.2) is 0 Å². The molecule has 1 saturated carbocycles. The summed E-state index contributed by atoms with van der Waals surface area (Å²) >= 11 is 1.66. The third-order valence-corrected chi connectivity index (χ3v) is 6.11. The molecule has 2 heterocycles. The molecule has 1 aromatic carbocycles. The van der Waals surface area contributed by atoms with Crippen LogP contribution >= 0.6 is 11.8 Å². The van der Waals surface area contributed by atoms with Crippen LogP contribution < -0.4 is 5.56 Å². The normalized spacial score (nSPS) is 15.9. The van der Waals surface area contributed by atoms with E-state index in [1.807, 2.05) is 30.7 Å². The van der Waals surface area contributed by atoms with Gasteiger partial charge in [0.2, 0.25) is 0 Å². The van der Waals surface area contributed by atoms with E-state index in [1.54, 1.807) is 25.1 Å². The van der Waals surface area contributed by atoms with E-state index in [1.165, 1.54) is 6.42 Å². The van der Waals surface area contributed by atoms with Gasteiger partial charge in [0.05, 0.1) is 12.2 Å². The van der Waals surface area contributed by atoms with Crippen molar-refractivity contribution in [1.82, 2.24) is 14.5 Å². The average Bonchev–Trinajstić information content (AvgIpc) is 3.06. The number of aromatic amines is 1. The maximum Gasteiger partial charge on any atom is 0.259 e. The molecule has 0 aliphatic heterocycles. The van der Waals surface area contributed by atoms with Crippen LogP contribution in [0.25, 0.3) is 22.3 Å². The highest BCUT2D eigenvalue weighted by Gasteiger charge is 2.37.